The monoisotopic (exact) mass is 175 g/mol. The molecule has 3 heteroatoms. The van der Waals surface area contributed by atoms with E-state index >= 15 is 0 Å². The number of hydrogen-bond donors (Lipinski definition) is 0. The third-order valence-electron chi connectivity index (χ3n) is 1.58. The normalized spacial score (nSPS) is 8.69. The van der Waals surface area contributed by atoms with Crippen LogP contribution in [-0.4, -0.2) is 11.5 Å². The SMILES string of the molecule is Cc1ccccc1C#CC[N+](=O)[O-]. The largest absolute Gasteiger partial charge is 0.264 e. The van der Waals surface area contributed by atoms with Gasteiger partial charge in [-0.3, -0.25) is 10.1 Å². The van der Waals surface area contributed by atoms with E-state index in [0.717, 1.165) is 11.1 Å². The van der Waals surface area contributed by atoms with Crippen LogP contribution in [0, 0.1) is 28.9 Å². The van der Waals surface area contributed by atoms with Crippen LogP contribution in [0.3, 0.4) is 0 Å². The van der Waals surface area contributed by atoms with E-state index < -0.39 is 4.92 Å². The van der Waals surface area contributed by atoms with Gasteiger partial charge in [-0.1, -0.05) is 24.1 Å². The van der Waals surface area contributed by atoms with Gasteiger partial charge in [-0.25, -0.2) is 0 Å². The number of benzene rings is 1. The van der Waals surface area contributed by atoms with Crippen LogP contribution in [0.25, 0.3) is 0 Å². The van der Waals surface area contributed by atoms with E-state index in [2.05, 4.69) is 11.8 Å². The van der Waals surface area contributed by atoms with Crippen molar-refractivity contribution in [1.82, 2.24) is 0 Å². The zero-order valence-corrected chi connectivity index (χ0v) is 7.28. The van der Waals surface area contributed by atoms with Gasteiger partial charge in [0.2, 0.25) is 0 Å². The molecule has 0 aromatic heterocycles. The number of rotatable bonds is 1. The molecule has 0 bridgehead atoms. The van der Waals surface area contributed by atoms with Gasteiger partial charge in [0.1, 0.15) is 0 Å². The average molecular weight is 175 g/mol. The van der Waals surface area contributed by atoms with Gasteiger partial charge in [0.25, 0.3) is 6.54 Å². The fourth-order valence-electron chi connectivity index (χ4n) is 0.912. The Morgan fingerprint density at radius 1 is 1.46 bits per heavy atom. The van der Waals surface area contributed by atoms with Crippen LogP contribution >= 0.6 is 0 Å². The molecule has 0 unspecified atom stereocenters. The molecule has 13 heavy (non-hydrogen) atoms. The van der Waals surface area contributed by atoms with Crippen molar-refractivity contribution in [3.63, 3.8) is 0 Å². The maximum Gasteiger partial charge on any atom is 0.263 e. The quantitative estimate of drug-likeness (QED) is 0.370. The van der Waals surface area contributed by atoms with Gasteiger partial charge in [0, 0.05) is 10.5 Å². The molecule has 0 atom stereocenters. The summed E-state index contributed by atoms with van der Waals surface area (Å²) in [4.78, 5) is 9.54. The first kappa shape index (κ1) is 9.27. The summed E-state index contributed by atoms with van der Waals surface area (Å²) in [5, 5.41) is 9.98. The highest BCUT2D eigenvalue weighted by Crippen LogP contribution is 2.03. The Kier molecular flexibility index (Phi) is 3.04. The van der Waals surface area contributed by atoms with Gasteiger partial charge in [-0.2, -0.15) is 0 Å². The highest BCUT2D eigenvalue weighted by Gasteiger charge is 1.91. The summed E-state index contributed by atoms with van der Waals surface area (Å²) in [7, 11) is 0. The predicted molar refractivity (Wildman–Crippen MR) is 49.9 cm³/mol. The van der Waals surface area contributed by atoms with E-state index in [1.807, 2.05) is 31.2 Å². The Morgan fingerprint density at radius 2 is 2.15 bits per heavy atom. The first-order chi connectivity index (χ1) is 6.20. The number of nitro groups is 1. The van der Waals surface area contributed by atoms with Crippen LogP contribution in [0.2, 0.25) is 0 Å². The van der Waals surface area contributed by atoms with Crippen LogP contribution in [0.4, 0.5) is 0 Å². The lowest BCUT2D eigenvalue weighted by Gasteiger charge is -1.93. The molecule has 0 aliphatic heterocycles. The summed E-state index contributed by atoms with van der Waals surface area (Å²) in [6, 6.07) is 7.55. The molecule has 1 aromatic carbocycles. The molecule has 0 heterocycles. The Morgan fingerprint density at radius 3 is 2.77 bits per heavy atom. The molecule has 0 N–H and O–H groups in total. The molecule has 0 aliphatic carbocycles. The molecule has 0 aliphatic rings. The van der Waals surface area contributed by atoms with E-state index in [9.17, 15) is 10.1 Å². The third kappa shape index (κ3) is 2.96. The lowest BCUT2D eigenvalue weighted by Crippen LogP contribution is -1.96. The van der Waals surface area contributed by atoms with Crippen LogP contribution in [0.15, 0.2) is 24.3 Å². The third-order valence-corrected chi connectivity index (χ3v) is 1.58. The molecule has 0 saturated heterocycles. The summed E-state index contributed by atoms with van der Waals surface area (Å²) in [6.45, 7) is 1.63. The molecule has 0 spiro atoms. The second-order valence-electron chi connectivity index (χ2n) is 2.61. The Hall–Kier alpha value is -1.82. The molecule has 0 amide bonds. The van der Waals surface area contributed by atoms with Crippen LogP contribution in [0.1, 0.15) is 11.1 Å². The van der Waals surface area contributed by atoms with Crippen molar-refractivity contribution in [2.75, 3.05) is 6.54 Å². The summed E-state index contributed by atoms with van der Waals surface area (Å²) >= 11 is 0. The minimum Gasteiger partial charge on any atom is -0.264 e. The van der Waals surface area contributed by atoms with E-state index in [-0.39, 0.29) is 6.54 Å². The lowest BCUT2D eigenvalue weighted by molar-refractivity contribution is -0.466. The minimum absolute atomic E-state index is 0.297. The minimum atomic E-state index is -0.439. The maximum atomic E-state index is 9.98. The highest BCUT2D eigenvalue weighted by atomic mass is 16.6. The molecule has 0 radical (unpaired) electrons. The predicted octanol–water partition coefficient (Wildman–Crippen LogP) is 1.62. The highest BCUT2D eigenvalue weighted by molar-refractivity contribution is 5.40. The van der Waals surface area contributed by atoms with Crippen LogP contribution in [-0.2, 0) is 0 Å². The Labute approximate surface area is 76.5 Å². The zero-order valence-electron chi connectivity index (χ0n) is 7.28. The molecule has 66 valence electrons. The van der Waals surface area contributed by atoms with Gasteiger partial charge < -0.3 is 0 Å². The molecule has 3 nitrogen and oxygen atoms in total. The molecular formula is C10H9NO2. The number of hydrogen-bond acceptors (Lipinski definition) is 2. The van der Waals surface area contributed by atoms with Crippen LogP contribution in [0.5, 0.6) is 0 Å². The number of aryl methyl sites for hydroxylation is 1. The van der Waals surface area contributed by atoms with Crippen molar-refractivity contribution >= 4 is 0 Å². The smallest absolute Gasteiger partial charge is 0.263 e. The molecule has 0 saturated carbocycles. The Balaban J connectivity index is 2.77. The number of nitrogens with zero attached hydrogens (tertiary/aromatic N) is 1. The molecule has 1 rings (SSSR count). The molecule has 1 aromatic rings. The fourth-order valence-corrected chi connectivity index (χ4v) is 0.912. The Bertz CT molecular complexity index is 374. The summed E-state index contributed by atoms with van der Waals surface area (Å²) in [6.07, 6.45) is 0. The van der Waals surface area contributed by atoms with Crippen molar-refractivity contribution in [3.8, 4) is 11.8 Å². The topological polar surface area (TPSA) is 43.1 Å². The van der Waals surface area contributed by atoms with Gasteiger partial charge in [0.15, 0.2) is 0 Å². The van der Waals surface area contributed by atoms with Crippen molar-refractivity contribution in [3.05, 3.63) is 45.5 Å². The van der Waals surface area contributed by atoms with Crippen LogP contribution < -0.4 is 0 Å². The lowest BCUT2D eigenvalue weighted by atomic mass is 10.1. The second-order valence-corrected chi connectivity index (χ2v) is 2.61. The van der Waals surface area contributed by atoms with E-state index in [1.165, 1.54) is 0 Å². The van der Waals surface area contributed by atoms with Gasteiger partial charge in [-0.05, 0) is 24.5 Å². The first-order valence-corrected chi connectivity index (χ1v) is 3.86. The van der Waals surface area contributed by atoms with Crippen molar-refractivity contribution in [2.45, 2.75) is 6.92 Å². The van der Waals surface area contributed by atoms with Crippen molar-refractivity contribution < 1.29 is 4.92 Å². The van der Waals surface area contributed by atoms with Gasteiger partial charge in [-0.15, -0.1) is 0 Å². The maximum absolute atomic E-state index is 9.98. The zero-order chi connectivity index (χ0) is 9.68. The average Bonchev–Trinajstić information content (AvgIpc) is 2.08. The summed E-state index contributed by atoms with van der Waals surface area (Å²) in [5.41, 5.74) is 1.89. The molecule has 0 fully saturated rings. The fraction of sp³-hybridized carbons (Fsp3) is 0.200. The summed E-state index contributed by atoms with van der Waals surface area (Å²) < 4.78 is 0. The standard InChI is InChI=1S/C10H9NO2/c1-9-5-2-3-6-10(9)7-4-8-11(12)13/h2-3,5-6H,8H2,1H3. The summed E-state index contributed by atoms with van der Waals surface area (Å²) in [5.74, 6) is 5.25. The van der Waals surface area contributed by atoms with Gasteiger partial charge >= 0.3 is 0 Å². The van der Waals surface area contributed by atoms with E-state index in [4.69, 9.17) is 0 Å². The van der Waals surface area contributed by atoms with Crippen molar-refractivity contribution in [1.29, 1.82) is 0 Å². The van der Waals surface area contributed by atoms with Crippen molar-refractivity contribution in [2.24, 2.45) is 0 Å². The first-order valence-electron chi connectivity index (χ1n) is 3.86. The molecular weight excluding hydrogens is 166 g/mol. The van der Waals surface area contributed by atoms with E-state index in [0.29, 0.717) is 0 Å². The second kappa shape index (κ2) is 4.27. The van der Waals surface area contributed by atoms with E-state index in [1.54, 1.807) is 0 Å². The van der Waals surface area contributed by atoms with Gasteiger partial charge in [0.05, 0.1) is 0 Å².